The lowest BCUT2D eigenvalue weighted by atomic mass is 10.1. The molecule has 0 amide bonds. The van der Waals surface area contributed by atoms with Crippen LogP contribution in [0.3, 0.4) is 0 Å². The highest BCUT2D eigenvalue weighted by Crippen LogP contribution is 2.21. The highest BCUT2D eigenvalue weighted by atomic mass is 16.1. The third-order valence-electron chi connectivity index (χ3n) is 4.47. The fraction of sp³-hybridized carbons (Fsp3) is 0.167. The van der Waals surface area contributed by atoms with Gasteiger partial charge >= 0.3 is 0 Å². The number of hydrogen-bond donors (Lipinski definition) is 0. The van der Waals surface area contributed by atoms with Crippen LogP contribution in [0.4, 0.5) is 0 Å². The second-order valence-corrected chi connectivity index (χ2v) is 6.48. The quantitative estimate of drug-likeness (QED) is 0.609. The highest BCUT2D eigenvalue weighted by molar-refractivity contribution is 6.13. The lowest BCUT2D eigenvalue weighted by Crippen LogP contribution is -2.21. The number of carbonyl (C=O) groups is 1. The summed E-state index contributed by atoms with van der Waals surface area (Å²) in [6.45, 7) is 4.88. The number of allylic oxidation sites excluding steroid dienone is 2. The molecule has 5 heteroatoms. The molecule has 5 nitrogen and oxygen atoms in total. The van der Waals surface area contributed by atoms with Crippen LogP contribution in [-0.2, 0) is 13.1 Å². The monoisotopic (exact) mass is 387 g/mol. The molecule has 0 aliphatic heterocycles. The van der Waals surface area contributed by atoms with Crippen molar-refractivity contribution >= 4 is 5.78 Å². The van der Waals surface area contributed by atoms with Crippen LogP contribution in [0.2, 0.25) is 0 Å². The van der Waals surface area contributed by atoms with Crippen LogP contribution in [0, 0.1) is 6.42 Å². The number of pyridine rings is 2. The zero-order valence-corrected chi connectivity index (χ0v) is 16.5. The van der Waals surface area contributed by atoms with Gasteiger partial charge in [0.15, 0.2) is 5.78 Å². The fourth-order valence-electron chi connectivity index (χ4n) is 2.88. The molecule has 3 aromatic rings. The van der Waals surface area contributed by atoms with Gasteiger partial charge in [0.1, 0.15) is 0 Å². The molecule has 0 saturated heterocycles. The minimum Gasteiger partial charge on any atom is -0.311 e. The van der Waals surface area contributed by atoms with Gasteiger partial charge in [-0.2, -0.15) is 0 Å². The van der Waals surface area contributed by atoms with Crippen molar-refractivity contribution in [1.29, 1.82) is 0 Å². The summed E-state index contributed by atoms with van der Waals surface area (Å²) in [5.41, 5.74) is 2.94. The van der Waals surface area contributed by atoms with E-state index in [0.717, 1.165) is 11.1 Å². The van der Waals surface area contributed by atoms with E-state index in [0.29, 0.717) is 24.2 Å². The molecule has 147 valence electrons. The average molecular weight is 387 g/mol. The van der Waals surface area contributed by atoms with Gasteiger partial charge in [0, 0.05) is 42.1 Å². The highest BCUT2D eigenvalue weighted by Gasteiger charge is 2.19. The summed E-state index contributed by atoms with van der Waals surface area (Å²) >= 11 is 0. The summed E-state index contributed by atoms with van der Waals surface area (Å²) in [5, 5.41) is 0. The first-order valence-corrected chi connectivity index (χ1v) is 9.64. The van der Waals surface area contributed by atoms with E-state index in [1.54, 1.807) is 41.6 Å². The first-order chi connectivity index (χ1) is 14.1. The average Bonchev–Trinajstić information content (AvgIpc) is 3.59. The summed E-state index contributed by atoms with van der Waals surface area (Å²) in [6, 6.07) is 15.8. The van der Waals surface area contributed by atoms with Gasteiger partial charge in [-0.1, -0.05) is 50.3 Å². The number of Topliss-reactive ketones (excluding diaryl/α,β-unsaturated/α-hetero) is 1. The molecule has 1 aliphatic carbocycles. The SMILES string of the molecule is CC.O=C(C1=C[CH]1)c1ccc(=O)n(Cc2ccc(Cn3ccccc3=O)cc2)c1. The topological polar surface area (TPSA) is 61.1 Å². The number of ketones is 1. The summed E-state index contributed by atoms with van der Waals surface area (Å²) in [7, 11) is 0. The Bertz CT molecular complexity index is 1150. The third-order valence-corrected chi connectivity index (χ3v) is 4.47. The van der Waals surface area contributed by atoms with Crippen LogP contribution in [0.1, 0.15) is 35.3 Å². The van der Waals surface area contributed by atoms with Gasteiger partial charge in [-0.25, -0.2) is 0 Å². The van der Waals surface area contributed by atoms with Gasteiger partial charge in [-0.3, -0.25) is 14.4 Å². The Kier molecular flexibility index (Phi) is 6.39. The molecule has 0 spiro atoms. The smallest absolute Gasteiger partial charge is 0.250 e. The predicted octanol–water partition coefficient (Wildman–Crippen LogP) is 3.46. The maximum atomic E-state index is 12.1. The molecule has 0 atom stereocenters. The number of aromatic nitrogens is 2. The van der Waals surface area contributed by atoms with Crippen molar-refractivity contribution in [3.05, 3.63) is 122 Å². The Morgan fingerprint density at radius 2 is 1.38 bits per heavy atom. The van der Waals surface area contributed by atoms with E-state index in [2.05, 4.69) is 0 Å². The molecule has 0 bridgehead atoms. The van der Waals surface area contributed by atoms with Crippen molar-refractivity contribution in [2.45, 2.75) is 26.9 Å². The van der Waals surface area contributed by atoms with Crippen LogP contribution in [0.15, 0.2) is 88.2 Å². The van der Waals surface area contributed by atoms with Gasteiger partial charge in [0.25, 0.3) is 11.1 Å². The van der Waals surface area contributed by atoms with E-state index >= 15 is 0 Å². The molecule has 4 rings (SSSR count). The Labute approximate surface area is 169 Å². The number of benzene rings is 1. The second kappa shape index (κ2) is 9.15. The number of hydrogen-bond acceptors (Lipinski definition) is 3. The molecule has 0 fully saturated rings. The Hall–Kier alpha value is -3.47. The number of nitrogens with zero attached hydrogens (tertiary/aromatic N) is 2. The maximum absolute atomic E-state index is 12.1. The zero-order valence-electron chi connectivity index (χ0n) is 16.5. The number of rotatable bonds is 6. The molecule has 1 aromatic carbocycles. The van der Waals surface area contributed by atoms with E-state index < -0.39 is 0 Å². The van der Waals surface area contributed by atoms with Crippen molar-refractivity contribution in [1.82, 2.24) is 9.13 Å². The summed E-state index contributed by atoms with van der Waals surface area (Å²) in [4.78, 5) is 36.0. The summed E-state index contributed by atoms with van der Waals surface area (Å²) in [5.74, 6) is -0.0626. The predicted molar refractivity (Wildman–Crippen MR) is 114 cm³/mol. The first-order valence-electron chi connectivity index (χ1n) is 9.64. The Balaban J connectivity index is 0.00000117. The zero-order chi connectivity index (χ0) is 20.8. The molecule has 2 heterocycles. The van der Waals surface area contributed by atoms with Crippen LogP contribution in [-0.4, -0.2) is 14.9 Å². The lowest BCUT2D eigenvalue weighted by Gasteiger charge is -2.09. The van der Waals surface area contributed by atoms with Crippen LogP contribution >= 0.6 is 0 Å². The van der Waals surface area contributed by atoms with Gasteiger partial charge in [0.2, 0.25) is 0 Å². The van der Waals surface area contributed by atoms with Gasteiger partial charge in [0.05, 0.1) is 13.1 Å². The van der Waals surface area contributed by atoms with E-state index in [4.69, 9.17) is 0 Å². The van der Waals surface area contributed by atoms with Crippen molar-refractivity contribution in [3.8, 4) is 0 Å². The van der Waals surface area contributed by atoms with E-state index in [9.17, 15) is 14.4 Å². The van der Waals surface area contributed by atoms with Crippen LogP contribution in [0.5, 0.6) is 0 Å². The van der Waals surface area contributed by atoms with Crippen LogP contribution in [0.25, 0.3) is 0 Å². The Morgan fingerprint density at radius 1 is 0.793 bits per heavy atom. The molecule has 1 radical (unpaired) electrons. The number of carbonyl (C=O) groups excluding carboxylic acids is 1. The van der Waals surface area contributed by atoms with E-state index in [1.165, 1.54) is 16.7 Å². The van der Waals surface area contributed by atoms with Gasteiger partial charge < -0.3 is 9.13 Å². The van der Waals surface area contributed by atoms with Crippen molar-refractivity contribution in [2.24, 2.45) is 0 Å². The van der Waals surface area contributed by atoms with Gasteiger partial charge in [-0.05, 0) is 23.3 Å². The molecule has 2 aromatic heterocycles. The third kappa shape index (κ3) is 5.08. The fourth-order valence-corrected chi connectivity index (χ4v) is 2.88. The Morgan fingerprint density at radius 3 is 1.97 bits per heavy atom. The van der Waals surface area contributed by atoms with Crippen molar-refractivity contribution in [3.63, 3.8) is 0 Å². The first kappa shape index (κ1) is 20.3. The lowest BCUT2D eigenvalue weighted by molar-refractivity contribution is 0.104. The minimum atomic E-state index is -0.153. The largest absolute Gasteiger partial charge is 0.311 e. The molecule has 1 aliphatic rings. The van der Waals surface area contributed by atoms with E-state index in [-0.39, 0.29) is 16.9 Å². The summed E-state index contributed by atoms with van der Waals surface area (Å²) < 4.78 is 3.17. The van der Waals surface area contributed by atoms with Crippen LogP contribution < -0.4 is 11.1 Å². The van der Waals surface area contributed by atoms with Crippen molar-refractivity contribution < 1.29 is 4.79 Å². The second-order valence-electron chi connectivity index (χ2n) is 6.48. The molecular formula is C24H23N2O3. The molecule has 29 heavy (non-hydrogen) atoms. The molecule has 0 unspecified atom stereocenters. The maximum Gasteiger partial charge on any atom is 0.250 e. The van der Waals surface area contributed by atoms with Gasteiger partial charge in [-0.15, -0.1) is 0 Å². The standard InChI is InChI=1S/C22H17N2O3.C2H6/c25-20-3-1-2-12-23(20)13-16-4-6-17(7-5-16)14-24-15-19(10-11-21(24)26)22(27)18-8-9-18;1-2/h1-12,15H,13-14H2;1-2H3. The molecule has 0 saturated carbocycles. The minimum absolute atomic E-state index is 0.0439. The van der Waals surface area contributed by atoms with Crippen molar-refractivity contribution in [2.75, 3.05) is 0 Å². The summed E-state index contributed by atoms with van der Waals surface area (Å²) in [6.07, 6.45) is 6.88. The molecule has 0 N–H and O–H groups in total. The molecular weight excluding hydrogens is 364 g/mol. The normalized spacial score (nSPS) is 11.9. The van der Waals surface area contributed by atoms with E-state index in [1.807, 2.05) is 44.2 Å².